The Morgan fingerprint density at radius 2 is 1.76 bits per heavy atom. The third-order valence-corrected chi connectivity index (χ3v) is 4.23. The molecule has 0 atom stereocenters. The molecule has 0 aliphatic carbocycles. The Morgan fingerprint density at radius 1 is 1.29 bits per heavy atom. The Balaban J connectivity index is 2.85. The average Bonchev–Trinajstić information content (AvgIpc) is 2.15. The van der Waals surface area contributed by atoms with E-state index in [-0.39, 0.29) is 24.5 Å². The van der Waals surface area contributed by atoms with E-state index in [4.69, 9.17) is 0 Å². The Bertz CT molecular complexity index is 420. The number of sulfone groups is 1. The summed E-state index contributed by atoms with van der Waals surface area (Å²) < 4.78 is 22.6. The minimum absolute atomic E-state index is 0.108. The van der Waals surface area contributed by atoms with Crippen LogP contribution in [0, 0.1) is 5.41 Å². The van der Waals surface area contributed by atoms with E-state index in [0.717, 1.165) is 6.26 Å². The number of piperidine rings is 1. The summed E-state index contributed by atoms with van der Waals surface area (Å²) in [6, 6.07) is 0. The molecular formula is C10H17NO5S. The molecule has 7 heteroatoms. The Kier molecular flexibility index (Phi) is 3.81. The normalized spacial score (nSPS) is 20.0. The predicted molar refractivity (Wildman–Crippen MR) is 61.3 cm³/mol. The molecule has 1 fully saturated rings. The van der Waals surface area contributed by atoms with Gasteiger partial charge in [-0.05, 0) is 12.8 Å². The summed E-state index contributed by atoms with van der Waals surface area (Å²) in [4.78, 5) is 23.9. The zero-order valence-corrected chi connectivity index (χ0v) is 10.8. The van der Waals surface area contributed by atoms with Crippen molar-refractivity contribution in [1.29, 1.82) is 0 Å². The van der Waals surface area contributed by atoms with Crippen LogP contribution in [0.3, 0.4) is 0 Å². The minimum atomic E-state index is -3.35. The van der Waals surface area contributed by atoms with Gasteiger partial charge in [0, 0.05) is 26.3 Å². The first kappa shape index (κ1) is 14.0. The van der Waals surface area contributed by atoms with Crippen LogP contribution in [-0.4, -0.2) is 55.4 Å². The van der Waals surface area contributed by atoms with Crippen LogP contribution in [-0.2, 0) is 19.4 Å². The van der Waals surface area contributed by atoms with E-state index in [1.807, 2.05) is 0 Å². The van der Waals surface area contributed by atoms with E-state index in [2.05, 4.69) is 0 Å². The van der Waals surface area contributed by atoms with Crippen molar-refractivity contribution in [3.63, 3.8) is 0 Å². The Morgan fingerprint density at radius 3 is 2.06 bits per heavy atom. The van der Waals surface area contributed by atoms with Crippen molar-refractivity contribution in [3.8, 4) is 0 Å². The molecule has 0 aromatic heterocycles. The molecule has 98 valence electrons. The second-order valence-corrected chi connectivity index (χ2v) is 6.80. The lowest BCUT2D eigenvalue weighted by molar-refractivity contribution is -0.152. The number of hydrogen-bond donors (Lipinski definition) is 1. The van der Waals surface area contributed by atoms with Crippen LogP contribution in [0.15, 0.2) is 0 Å². The van der Waals surface area contributed by atoms with Gasteiger partial charge in [-0.1, -0.05) is 0 Å². The lowest BCUT2D eigenvalue weighted by Gasteiger charge is -2.37. The lowest BCUT2D eigenvalue weighted by atomic mass is 9.80. The van der Waals surface area contributed by atoms with E-state index in [9.17, 15) is 23.1 Å². The molecule has 1 heterocycles. The summed E-state index contributed by atoms with van der Waals surface area (Å²) in [5.74, 6) is -1.56. The van der Waals surface area contributed by atoms with Gasteiger partial charge in [0.2, 0.25) is 5.91 Å². The van der Waals surface area contributed by atoms with E-state index in [1.54, 1.807) is 4.90 Å². The molecule has 0 aromatic rings. The van der Waals surface area contributed by atoms with E-state index >= 15 is 0 Å². The average molecular weight is 263 g/mol. The second kappa shape index (κ2) is 4.64. The number of carbonyl (C=O) groups is 2. The molecule has 0 radical (unpaired) electrons. The zero-order chi connectivity index (χ0) is 13.3. The van der Waals surface area contributed by atoms with Gasteiger partial charge >= 0.3 is 5.97 Å². The highest BCUT2D eigenvalue weighted by Gasteiger charge is 2.44. The third-order valence-electron chi connectivity index (χ3n) is 3.16. The fourth-order valence-corrected chi connectivity index (χ4v) is 3.59. The summed E-state index contributed by atoms with van der Waals surface area (Å²) in [6.07, 6.45) is 1.42. The molecule has 1 N–H and O–H groups in total. The first-order chi connectivity index (χ1) is 7.66. The highest BCUT2D eigenvalue weighted by Crippen LogP contribution is 2.33. The van der Waals surface area contributed by atoms with Crippen molar-refractivity contribution in [2.24, 2.45) is 5.41 Å². The number of carboxylic acid groups (broad SMARTS) is 1. The maximum absolute atomic E-state index is 11.3. The molecule has 0 bridgehead atoms. The number of nitrogens with zero attached hydrogens (tertiary/aromatic N) is 1. The van der Waals surface area contributed by atoms with Gasteiger partial charge < -0.3 is 10.0 Å². The van der Waals surface area contributed by atoms with Crippen LogP contribution in [0.4, 0.5) is 0 Å². The zero-order valence-electron chi connectivity index (χ0n) is 9.97. The molecule has 1 saturated heterocycles. The lowest BCUT2D eigenvalue weighted by Crippen LogP contribution is -2.49. The second-order valence-electron chi connectivity index (χ2n) is 4.66. The van der Waals surface area contributed by atoms with Crippen molar-refractivity contribution in [2.75, 3.05) is 25.1 Å². The highest BCUT2D eigenvalue weighted by molar-refractivity contribution is 7.90. The number of carbonyl (C=O) groups excluding carboxylic acids is 1. The number of rotatable bonds is 3. The van der Waals surface area contributed by atoms with Gasteiger partial charge in [0.25, 0.3) is 0 Å². The van der Waals surface area contributed by atoms with Gasteiger partial charge in [-0.3, -0.25) is 9.59 Å². The molecule has 1 amide bonds. The highest BCUT2D eigenvalue weighted by atomic mass is 32.2. The monoisotopic (exact) mass is 263 g/mol. The molecule has 0 spiro atoms. The maximum Gasteiger partial charge on any atom is 0.310 e. The number of amides is 1. The van der Waals surface area contributed by atoms with Gasteiger partial charge in [0.1, 0.15) is 9.84 Å². The summed E-state index contributed by atoms with van der Waals surface area (Å²) in [7, 11) is -3.35. The molecular weight excluding hydrogens is 246 g/mol. The Hall–Kier alpha value is -1.11. The third kappa shape index (κ3) is 3.42. The van der Waals surface area contributed by atoms with E-state index in [0.29, 0.717) is 13.1 Å². The van der Waals surface area contributed by atoms with Crippen LogP contribution in [0.2, 0.25) is 0 Å². The SMILES string of the molecule is CC(=O)N1CCC(CS(C)(=O)=O)(C(=O)O)CC1. The largest absolute Gasteiger partial charge is 0.481 e. The van der Waals surface area contributed by atoms with Crippen LogP contribution >= 0.6 is 0 Å². The Labute approximate surface area is 101 Å². The number of aliphatic carboxylic acids is 1. The summed E-state index contributed by atoms with van der Waals surface area (Å²) in [5.41, 5.74) is -1.24. The van der Waals surface area contributed by atoms with E-state index < -0.39 is 21.2 Å². The predicted octanol–water partition coefficient (Wildman–Crippen LogP) is -0.256. The molecule has 6 nitrogen and oxygen atoms in total. The van der Waals surface area contributed by atoms with Crippen molar-refractivity contribution < 1.29 is 23.1 Å². The standard InChI is InChI=1S/C10H17NO5S/c1-8(12)11-5-3-10(4-6-11,9(13)14)7-17(2,15)16/h3-7H2,1-2H3,(H,13,14). The minimum Gasteiger partial charge on any atom is -0.481 e. The van der Waals surface area contributed by atoms with Crippen molar-refractivity contribution >= 4 is 21.7 Å². The van der Waals surface area contributed by atoms with Crippen molar-refractivity contribution in [2.45, 2.75) is 19.8 Å². The van der Waals surface area contributed by atoms with Crippen molar-refractivity contribution in [1.82, 2.24) is 4.90 Å². The first-order valence-electron chi connectivity index (χ1n) is 5.33. The smallest absolute Gasteiger partial charge is 0.310 e. The molecule has 1 aliphatic rings. The molecule has 0 saturated carbocycles. The fourth-order valence-electron chi connectivity index (χ4n) is 2.17. The van der Waals surface area contributed by atoms with Gasteiger partial charge in [-0.25, -0.2) is 8.42 Å². The molecule has 1 aliphatic heterocycles. The maximum atomic E-state index is 11.3. The van der Waals surface area contributed by atoms with Crippen LogP contribution in [0.1, 0.15) is 19.8 Å². The van der Waals surface area contributed by atoms with Gasteiger partial charge in [-0.15, -0.1) is 0 Å². The first-order valence-corrected chi connectivity index (χ1v) is 7.39. The van der Waals surface area contributed by atoms with E-state index in [1.165, 1.54) is 6.92 Å². The number of likely N-dealkylation sites (tertiary alicyclic amines) is 1. The van der Waals surface area contributed by atoms with Gasteiger partial charge in [0.05, 0.1) is 11.2 Å². The summed E-state index contributed by atoms with van der Waals surface area (Å²) in [5, 5.41) is 9.21. The fraction of sp³-hybridized carbons (Fsp3) is 0.800. The molecule has 0 aromatic carbocycles. The topological polar surface area (TPSA) is 91.8 Å². The quantitative estimate of drug-likeness (QED) is 0.757. The molecule has 17 heavy (non-hydrogen) atoms. The van der Waals surface area contributed by atoms with Crippen LogP contribution < -0.4 is 0 Å². The molecule has 0 unspecified atom stereocenters. The summed E-state index contributed by atoms with van der Waals surface area (Å²) in [6.45, 7) is 2.03. The van der Waals surface area contributed by atoms with Gasteiger partial charge in [0.15, 0.2) is 0 Å². The van der Waals surface area contributed by atoms with Crippen LogP contribution in [0.25, 0.3) is 0 Å². The number of hydrogen-bond acceptors (Lipinski definition) is 4. The summed E-state index contributed by atoms with van der Waals surface area (Å²) >= 11 is 0. The van der Waals surface area contributed by atoms with Crippen LogP contribution in [0.5, 0.6) is 0 Å². The molecule has 1 rings (SSSR count). The van der Waals surface area contributed by atoms with Gasteiger partial charge in [-0.2, -0.15) is 0 Å². The van der Waals surface area contributed by atoms with Crippen molar-refractivity contribution in [3.05, 3.63) is 0 Å². The number of carboxylic acids is 1.